The van der Waals surface area contributed by atoms with E-state index in [1.54, 1.807) is 30.3 Å². The monoisotopic (exact) mass is 382 g/mol. The number of sulfonamides is 1. The molecule has 0 bridgehead atoms. The fraction of sp³-hybridized carbons (Fsp3) is 0.333. The van der Waals surface area contributed by atoms with Gasteiger partial charge >= 0.3 is 0 Å². The van der Waals surface area contributed by atoms with Crippen molar-refractivity contribution >= 4 is 27.3 Å². The Balaban J connectivity index is 1.66. The molecule has 25 heavy (non-hydrogen) atoms. The van der Waals surface area contributed by atoms with Gasteiger partial charge in [0.2, 0.25) is 10.0 Å². The van der Waals surface area contributed by atoms with E-state index < -0.39 is 10.0 Å². The minimum Gasteiger partial charge on any atom is -0.370 e. The van der Waals surface area contributed by atoms with Crippen LogP contribution in [0.3, 0.4) is 0 Å². The van der Waals surface area contributed by atoms with Crippen LogP contribution in [0, 0.1) is 5.82 Å². The maximum absolute atomic E-state index is 13.4. The average molecular weight is 383 g/mol. The number of hydrogen-bond donors (Lipinski definition) is 1. The Labute approximate surface area is 152 Å². The van der Waals surface area contributed by atoms with E-state index in [1.165, 1.54) is 12.1 Å². The summed E-state index contributed by atoms with van der Waals surface area (Å²) in [5, 5.41) is 0.443. The van der Waals surface area contributed by atoms with Gasteiger partial charge in [0.1, 0.15) is 5.82 Å². The zero-order valence-corrected chi connectivity index (χ0v) is 15.2. The summed E-state index contributed by atoms with van der Waals surface area (Å²) in [6, 6.07) is 13.1. The van der Waals surface area contributed by atoms with Gasteiger partial charge in [0, 0.05) is 29.8 Å². The fourth-order valence-electron chi connectivity index (χ4n) is 3.10. The van der Waals surface area contributed by atoms with E-state index >= 15 is 0 Å². The molecule has 0 spiro atoms. The van der Waals surface area contributed by atoms with Gasteiger partial charge in [-0.05, 0) is 42.7 Å². The van der Waals surface area contributed by atoms with Gasteiger partial charge in [-0.1, -0.05) is 35.9 Å². The van der Waals surface area contributed by atoms with E-state index in [-0.39, 0.29) is 17.6 Å². The first-order chi connectivity index (χ1) is 11.9. The summed E-state index contributed by atoms with van der Waals surface area (Å²) in [5.41, 5.74) is 1.35. The number of piperidine rings is 1. The predicted octanol–water partition coefficient (Wildman–Crippen LogP) is 3.57. The van der Waals surface area contributed by atoms with Crippen LogP contribution in [0.5, 0.6) is 0 Å². The molecule has 0 aromatic heterocycles. The van der Waals surface area contributed by atoms with Gasteiger partial charge in [-0.15, -0.1) is 0 Å². The third kappa shape index (κ3) is 4.93. The van der Waals surface area contributed by atoms with Crippen LogP contribution >= 0.6 is 11.6 Å². The van der Waals surface area contributed by atoms with Gasteiger partial charge in [-0.25, -0.2) is 17.5 Å². The van der Waals surface area contributed by atoms with Crippen molar-refractivity contribution in [2.24, 2.45) is 0 Å². The zero-order valence-electron chi connectivity index (χ0n) is 13.7. The normalized spacial score (nSPS) is 18.3. The molecular formula is C18H20ClFN2O2S. The number of hydrogen-bond acceptors (Lipinski definition) is 3. The molecule has 1 unspecified atom stereocenters. The Kier molecular flexibility index (Phi) is 5.61. The van der Waals surface area contributed by atoms with Crippen LogP contribution < -0.4 is 9.62 Å². The van der Waals surface area contributed by atoms with Gasteiger partial charge < -0.3 is 4.90 Å². The molecule has 2 aromatic carbocycles. The minimum absolute atomic E-state index is 0.150. The fourth-order valence-corrected chi connectivity index (χ4v) is 4.82. The largest absolute Gasteiger partial charge is 0.370 e. The van der Waals surface area contributed by atoms with Crippen molar-refractivity contribution in [2.75, 3.05) is 18.0 Å². The molecule has 4 nitrogen and oxygen atoms in total. The van der Waals surface area contributed by atoms with Crippen molar-refractivity contribution in [1.29, 1.82) is 0 Å². The van der Waals surface area contributed by atoms with Gasteiger partial charge in [0.25, 0.3) is 0 Å². The first kappa shape index (κ1) is 18.2. The second kappa shape index (κ2) is 7.72. The number of benzene rings is 2. The lowest BCUT2D eigenvalue weighted by atomic mass is 10.1. The lowest BCUT2D eigenvalue weighted by Gasteiger charge is -2.34. The molecule has 0 aliphatic carbocycles. The minimum atomic E-state index is -3.51. The number of halogens is 2. The first-order valence-electron chi connectivity index (χ1n) is 8.17. The molecule has 3 rings (SSSR count). The Morgan fingerprint density at radius 2 is 2.00 bits per heavy atom. The molecule has 1 aliphatic rings. The Morgan fingerprint density at radius 1 is 1.20 bits per heavy atom. The van der Waals surface area contributed by atoms with Crippen molar-refractivity contribution in [2.45, 2.75) is 24.6 Å². The topological polar surface area (TPSA) is 49.4 Å². The van der Waals surface area contributed by atoms with Crippen LogP contribution in [-0.4, -0.2) is 27.5 Å². The van der Waals surface area contributed by atoms with Crippen LogP contribution in [-0.2, 0) is 15.8 Å². The Morgan fingerprint density at radius 3 is 2.76 bits per heavy atom. The van der Waals surface area contributed by atoms with Crippen LogP contribution in [0.15, 0.2) is 48.5 Å². The molecule has 1 saturated heterocycles. The lowest BCUT2D eigenvalue weighted by molar-refractivity contribution is 0.465. The van der Waals surface area contributed by atoms with Gasteiger partial charge in [-0.3, -0.25) is 0 Å². The number of rotatable bonds is 5. The molecule has 1 N–H and O–H groups in total. The second-order valence-corrected chi connectivity index (χ2v) is 8.39. The Bertz CT molecular complexity index is 844. The van der Waals surface area contributed by atoms with Gasteiger partial charge in [0.05, 0.1) is 5.75 Å². The maximum Gasteiger partial charge on any atom is 0.216 e. The van der Waals surface area contributed by atoms with Crippen LogP contribution in [0.1, 0.15) is 18.4 Å². The summed E-state index contributed by atoms with van der Waals surface area (Å²) < 4.78 is 41.1. The van der Waals surface area contributed by atoms with Crippen molar-refractivity contribution in [3.05, 3.63) is 64.9 Å². The first-order valence-corrected chi connectivity index (χ1v) is 10.2. The summed E-state index contributed by atoms with van der Waals surface area (Å²) in [6.07, 6.45) is 1.60. The summed E-state index contributed by atoms with van der Waals surface area (Å²) in [5.74, 6) is -0.442. The number of nitrogens with one attached hydrogen (secondary N) is 1. The molecule has 0 saturated carbocycles. The van der Waals surface area contributed by atoms with E-state index in [2.05, 4.69) is 4.72 Å². The molecule has 1 atom stereocenters. The Hall–Kier alpha value is -1.63. The molecule has 2 aromatic rings. The molecule has 7 heteroatoms. The molecule has 1 aliphatic heterocycles. The highest BCUT2D eigenvalue weighted by Gasteiger charge is 2.25. The SMILES string of the molecule is O=S(=O)(Cc1ccccc1Cl)NC1CCCN(c2cccc(F)c2)C1. The molecule has 1 fully saturated rings. The maximum atomic E-state index is 13.4. The van der Waals surface area contributed by atoms with E-state index in [1.807, 2.05) is 11.0 Å². The number of anilines is 1. The standard InChI is InChI=1S/C18H20ClFN2O2S/c19-18-9-2-1-5-14(18)13-25(23,24)21-16-7-4-10-22(12-16)17-8-3-6-15(20)11-17/h1-3,5-6,8-9,11,16,21H,4,7,10,12-13H2. The molecule has 1 heterocycles. The smallest absolute Gasteiger partial charge is 0.216 e. The summed E-state index contributed by atoms with van der Waals surface area (Å²) in [4.78, 5) is 2.01. The highest BCUT2D eigenvalue weighted by Crippen LogP contribution is 2.22. The van der Waals surface area contributed by atoms with Gasteiger partial charge in [-0.2, -0.15) is 0 Å². The molecule has 134 valence electrons. The van der Waals surface area contributed by atoms with Crippen molar-refractivity contribution in [1.82, 2.24) is 4.72 Å². The van der Waals surface area contributed by atoms with E-state index in [0.717, 1.165) is 25.1 Å². The average Bonchev–Trinajstić information content (AvgIpc) is 2.57. The lowest BCUT2D eigenvalue weighted by Crippen LogP contribution is -2.48. The quantitative estimate of drug-likeness (QED) is 0.860. The highest BCUT2D eigenvalue weighted by molar-refractivity contribution is 7.88. The van der Waals surface area contributed by atoms with Crippen LogP contribution in [0.4, 0.5) is 10.1 Å². The zero-order chi connectivity index (χ0) is 17.9. The van der Waals surface area contributed by atoms with Crippen LogP contribution in [0.2, 0.25) is 5.02 Å². The molecule has 0 amide bonds. The molecule has 0 radical (unpaired) electrons. The van der Waals surface area contributed by atoms with Crippen molar-refractivity contribution in [3.8, 4) is 0 Å². The van der Waals surface area contributed by atoms with Crippen molar-refractivity contribution in [3.63, 3.8) is 0 Å². The molecular weight excluding hydrogens is 363 g/mol. The summed E-state index contributed by atoms with van der Waals surface area (Å²) in [6.45, 7) is 1.30. The highest BCUT2D eigenvalue weighted by atomic mass is 35.5. The second-order valence-electron chi connectivity index (χ2n) is 6.23. The summed E-state index contributed by atoms with van der Waals surface area (Å²) >= 11 is 6.06. The van der Waals surface area contributed by atoms with Gasteiger partial charge in [0.15, 0.2) is 0 Å². The van der Waals surface area contributed by atoms with E-state index in [9.17, 15) is 12.8 Å². The van der Waals surface area contributed by atoms with Crippen molar-refractivity contribution < 1.29 is 12.8 Å². The van der Waals surface area contributed by atoms with E-state index in [0.29, 0.717) is 17.1 Å². The van der Waals surface area contributed by atoms with E-state index in [4.69, 9.17) is 11.6 Å². The number of nitrogens with zero attached hydrogens (tertiary/aromatic N) is 1. The third-order valence-corrected chi connectivity index (χ3v) is 6.00. The predicted molar refractivity (Wildman–Crippen MR) is 98.8 cm³/mol. The van der Waals surface area contributed by atoms with Crippen LogP contribution in [0.25, 0.3) is 0 Å². The third-order valence-electron chi connectivity index (χ3n) is 4.24. The summed E-state index contributed by atoms with van der Waals surface area (Å²) in [7, 11) is -3.51.